The van der Waals surface area contributed by atoms with Gasteiger partial charge in [0.25, 0.3) is 0 Å². The molecule has 1 aromatic carbocycles. The number of carbonyl (C=O) groups is 2. The Balaban J connectivity index is 0.00000400. The molecular formula is C14H23ClN4O2. The lowest BCUT2D eigenvalue weighted by Crippen LogP contribution is -2.41. The van der Waals surface area contributed by atoms with Crippen molar-refractivity contribution in [2.45, 2.75) is 26.7 Å². The third-order valence-corrected chi connectivity index (χ3v) is 3.61. The van der Waals surface area contributed by atoms with Crippen LogP contribution in [0.3, 0.4) is 0 Å². The van der Waals surface area contributed by atoms with Crippen LogP contribution in [0, 0.1) is 5.41 Å². The van der Waals surface area contributed by atoms with E-state index >= 15 is 0 Å². The molecule has 0 unspecified atom stereocenters. The Hall–Kier alpha value is -1.79. The van der Waals surface area contributed by atoms with Gasteiger partial charge in [0.2, 0.25) is 5.91 Å². The molecule has 6 N–H and O–H groups in total. The van der Waals surface area contributed by atoms with Crippen LogP contribution >= 0.6 is 12.4 Å². The highest BCUT2D eigenvalue weighted by Crippen LogP contribution is 2.27. The number of anilines is 2. The smallest absolute Gasteiger partial charge is 0.316 e. The molecule has 3 amide bonds. The Labute approximate surface area is 131 Å². The maximum Gasteiger partial charge on any atom is 0.316 e. The average molecular weight is 315 g/mol. The second-order valence-electron chi connectivity index (χ2n) is 4.72. The van der Waals surface area contributed by atoms with Crippen molar-refractivity contribution < 1.29 is 9.59 Å². The minimum atomic E-state index is -0.646. The zero-order chi connectivity index (χ0) is 15.2. The fraction of sp³-hybridized carbons (Fsp3) is 0.429. The number of nitrogens with one attached hydrogen (secondary N) is 2. The predicted octanol–water partition coefficient (Wildman–Crippen LogP) is 2.30. The third-order valence-electron chi connectivity index (χ3n) is 3.61. The Kier molecular flexibility index (Phi) is 7.76. The van der Waals surface area contributed by atoms with Crippen molar-refractivity contribution in [3.63, 3.8) is 0 Å². The first-order chi connectivity index (χ1) is 9.47. The lowest BCUT2D eigenvalue weighted by atomic mass is 9.81. The Morgan fingerprint density at radius 1 is 1.14 bits per heavy atom. The molecule has 0 fully saturated rings. The molecule has 0 saturated carbocycles. The van der Waals surface area contributed by atoms with E-state index in [-0.39, 0.29) is 18.3 Å². The van der Waals surface area contributed by atoms with Crippen LogP contribution in [0.1, 0.15) is 26.7 Å². The van der Waals surface area contributed by atoms with E-state index in [4.69, 9.17) is 11.5 Å². The van der Waals surface area contributed by atoms with Gasteiger partial charge in [0, 0.05) is 17.9 Å². The van der Waals surface area contributed by atoms with Crippen LogP contribution in [-0.4, -0.2) is 18.5 Å². The van der Waals surface area contributed by atoms with Gasteiger partial charge in [-0.05, 0) is 31.0 Å². The van der Waals surface area contributed by atoms with Crippen molar-refractivity contribution >= 4 is 35.7 Å². The molecular weight excluding hydrogens is 292 g/mol. The van der Waals surface area contributed by atoms with Gasteiger partial charge in [-0.15, -0.1) is 12.4 Å². The molecule has 0 aliphatic heterocycles. The summed E-state index contributed by atoms with van der Waals surface area (Å²) in [7, 11) is 0. The van der Waals surface area contributed by atoms with Gasteiger partial charge >= 0.3 is 6.03 Å². The van der Waals surface area contributed by atoms with Crippen molar-refractivity contribution in [2.24, 2.45) is 16.9 Å². The summed E-state index contributed by atoms with van der Waals surface area (Å²) in [6, 6.07) is 6.16. The number of hydrogen-bond acceptors (Lipinski definition) is 3. The zero-order valence-electron chi connectivity index (χ0n) is 12.3. The quantitative estimate of drug-likeness (QED) is 0.646. The highest BCUT2D eigenvalue weighted by Gasteiger charge is 2.33. The van der Waals surface area contributed by atoms with E-state index in [1.165, 1.54) is 0 Å². The van der Waals surface area contributed by atoms with E-state index < -0.39 is 11.4 Å². The van der Waals surface area contributed by atoms with E-state index in [0.717, 1.165) is 0 Å². The molecule has 0 aliphatic carbocycles. The summed E-state index contributed by atoms with van der Waals surface area (Å²) >= 11 is 0. The maximum absolute atomic E-state index is 12.4. The molecule has 0 bridgehead atoms. The largest absolute Gasteiger partial charge is 0.351 e. The molecule has 0 heterocycles. The summed E-state index contributed by atoms with van der Waals surface area (Å²) in [4.78, 5) is 23.2. The SMILES string of the molecule is CCC(CC)(CN)C(=O)Nc1cccc(NC(N)=O)c1.Cl. The molecule has 1 rings (SSSR count). The Morgan fingerprint density at radius 3 is 2.10 bits per heavy atom. The van der Waals surface area contributed by atoms with Crippen LogP contribution in [0.15, 0.2) is 24.3 Å². The van der Waals surface area contributed by atoms with Crippen molar-refractivity contribution in [3.8, 4) is 0 Å². The van der Waals surface area contributed by atoms with Crippen molar-refractivity contribution in [3.05, 3.63) is 24.3 Å². The lowest BCUT2D eigenvalue weighted by Gasteiger charge is -2.28. The van der Waals surface area contributed by atoms with Crippen LogP contribution < -0.4 is 22.1 Å². The standard InChI is InChI=1S/C14H22N4O2.ClH/c1-3-14(4-2,9-15)12(19)17-10-6-5-7-11(8-10)18-13(16)20;/h5-8H,3-4,9,15H2,1-2H3,(H,17,19)(H3,16,18,20);1H. The first-order valence-corrected chi connectivity index (χ1v) is 6.65. The van der Waals surface area contributed by atoms with Gasteiger partial charge in [0.15, 0.2) is 0 Å². The summed E-state index contributed by atoms with van der Waals surface area (Å²) in [5, 5.41) is 5.30. The van der Waals surface area contributed by atoms with Gasteiger partial charge in [0.05, 0.1) is 5.41 Å². The predicted molar refractivity (Wildman–Crippen MR) is 87.6 cm³/mol. The zero-order valence-corrected chi connectivity index (χ0v) is 13.1. The summed E-state index contributed by atoms with van der Waals surface area (Å²) in [5.41, 5.74) is 11.4. The van der Waals surface area contributed by atoms with Crippen LogP contribution in [0.5, 0.6) is 0 Å². The van der Waals surface area contributed by atoms with Crippen LogP contribution in [-0.2, 0) is 4.79 Å². The number of primary amides is 1. The van der Waals surface area contributed by atoms with Crippen LogP contribution in [0.2, 0.25) is 0 Å². The third kappa shape index (κ3) is 4.91. The fourth-order valence-corrected chi connectivity index (χ4v) is 2.03. The van der Waals surface area contributed by atoms with Gasteiger partial charge in [0.1, 0.15) is 0 Å². The Morgan fingerprint density at radius 2 is 1.67 bits per heavy atom. The second-order valence-corrected chi connectivity index (χ2v) is 4.72. The van der Waals surface area contributed by atoms with Crippen molar-refractivity contribution in [1.82, 2.24) is 0 Å². The highest BCUT2D eigenvalue weighted by atomic mass is 35.5. The van der Waals surface area contributed by atoms with Crippen molar-refractivity contribution in [2.75, 3.05) is 17.2 Å². The van der Waals surface area contributed by atoms with E-state index in [1.54, 1.807) is 24.3 Å². The highest BCUT2D eigenvalue weighted by molar-refractivity contribution is 5.96. The molecule has 0 spiro atoms. The molecule has 0 aliphatic rings. The topological polar surface area (TPSA) is 110 Å². The van der Waals surface area contributed by atoms with Gasteiger partial charge < -0.3 is 22.1 Å². The first kappa shape index (κ1) is 19.2. The minimum Gasteiger partial charge on any atom is -0.351 e. The molecule has 118 valence electrons. The second kappa shape index (κ2) is 8.49. The maximum atomic E-state index is 12.4. The normalized spacial score (nSPS) is 10.4. The molecule has 0 aromatic heterocycles. The number of nitrogens with two attached hydrogens (primary N) is 2. The summed E-state index contributed by atoms with van der Waals surface area (Å²) in [5.74, 6) is -0.110. The molecule has 6 nitrogen and oxygen atoms in total. The number of rotatable bonds is 6. The first-order valence-electron chi connectivity index (χ1n) is 6.65. The summed E-state index contributed by atoms with van der Waals surface area (Å²) < 4.78 is 0. The van der Waals surface area contributed by atoms with E-state index in [9.17, 15) is 9.59 Å². The van der Waals surface area contributed by atoms with Gasteiger partial charge in [-0.25, -0.2) is 4.79 Å². The molecule has 1 aromatic rings. The average Bonchev–Trinajstić information content (AvgIpc) is 2.41. The minimum absolute atomic E-state index is 0. The number of halogens is 1. The monoisotopic (exact) mass is 314 g/mol. The molecule has 21 heavy (non-hydrogen) atoms. The van der Waals surface area contributed by atoms with Gasteiger partial charge in [-0.3, -0.25) is 4.79 Å². The van der Waals surface area contributed by atoms with Crippen LogP contribution in [0.25, 0.3) is 0 Å². The number of benzene rings is 1. The number of hydrogen-bond donors (Lipinski definition) is 4. The van der Waals surface area contributed by atoms with Gasteiger partial charge in [-0.1, -0.05) is 19.9 Å². The van der Waals surface area contributed by atoms with Crippen molar-refractivity contribution in [1.29, 1.82) is 0 Å². The fourth-order valence-electron chi connectivity index (χ4n) is 2.03. The van der Waals surface area contributed by atoms with Gasteiger partial charge in [-0.2, -0.15) is 0 Å². The van der Waals surface area contributed by atoms with E-state index in [1.807, 2.05) is 13.8 Å². The van der Waals surface area contributed by atoms with Crippen LogP contribution in [0.4, 0.5) is 16.2 Å². The van der Waals surface area contributed by atoms with E-state index in [0.29, 0.717) is 30.8 Å². The summed E-state index contributed by atoms with van der Waals surface area (Å²) in [6.07, 6.45) is 1.34. The number of carbonyl (C=O) groups excluding carboxylic acids is 2. The van der Waals surface area contributed by atoms with E-state index in [2.05, 4.69) is 10.6 Å². The summed E-state index contributed by atoms with van der Waals surface area (Å²) in [6.45, 7) is 4.19. The lowest BCUT2D eigenvalue weighted by molar-refractivity contribution is -0.125. The molecule has 0 atom stereocenters. The molecule has 7 heteroatoms. The Bertz CT molecular complexity index is 481. The molecule has 0 saturated heterocycles. The number of amides is 3. The number of urea groups is 1. The molecule has 0 radical (unpaired) electrons.